The van der Waals surface area contributed by atoms with Crippen molar-refractivity contribution >= 4 is 22.2 Å². The number of allylic oxidation sites excluding steroid dienone is 1. The van der Waals surface area contributed by atoms with Gasteiger partial charge in [-0.2, -0.15) is 0 Å². The van der Waals surface area contributed by atoms with Crippen LogP contribution in [0.25, 0.3) is 10.8 Å². The third-order valence-electron chi connectivity index (χ3n) is 2.81. The molecule has 0 aromatic heterocycles. The molecule has 0 bridgehead atoms. The monoisotopic (exact) mass is 225 g/mol. The second-order valence-electron chi connectivity index (χ2n) is 4.18. The van der Waals surface area contributed by atoms with Crippen LogP contribution in [0.4, 0.5) is 5.69 Å². The summed E-state index contributed by atoms with van der Waals surface area (Å²) in [6.07, 6.45) is 1.34. The Kier molecular flexibility index (Phi) is 2.96. The smallest absolute Gasteiger partial charge is 0.185 e. The molecular weight excluding hydrogens is 210 g/mol. The molecule has 0 saturated heterocycles. The zero-order chi connectivity index (χ0) is 12.4. The van der Waals surface area contributed by atoms with Gasteiger partial charge in [0.2, 0.25) is 0 Å². The first kappa shape index (κ1) is 11.4. The van der Waals surface area contributed by atoms with Gasteiger partial charge in [-0.1, -0.05) is 30.8 Å². The van der Waals surface area contributed by atoms with Crippen molar-refractivity contribution in [3.05, 3.63) is 54.6 Å². The number of carbonyl (C=O) groups is 1. The molecule has 0 heterocycles. The van der Waals surface area contributed by atoms with Crippen LogP contribution in [0.3, 0.4) is 0 Å². The van der Waals surface area contributed by atoms with E-state index in [1.54, 1.807) is 0 Å². The van der Waals surface area contributed by atoms with E-state index in [1.165, 1.54) is 6.08 Å². The predicted octanol–water partition coefficient (Wildman–Crippen LogP) is 3.27. The van der Waals surface area contributed by atoms with E-state index in [4.69, 9.17) is 0 Å². The van der Waals surface area contributed by atoms with Crippen LogP contribution in [0.5, 0.6) is 0 Å². The fourth-order valence-electron chi connectivity index (χ4n) is 1.93. The second-order valence-corrected chi connectivity index (χ2v) is 4.18. The molecule has 0 unspecified atom stereocenters. The molecule has 0 atom stereocenters. The number of rotatable bonds is 3. The van der Waals surface area contributed by atoms with Crippen LogP contribution in [-0.4, -0.2) is 19.9 Å². The van der Waals surface area contributed by atoms with Gasteiger partial charge < -0.3 is 4.90 Å². The Morgan fingerprint density at radius 3 is 2.65 bits per heavy atom. The topological polar surface area (TPSA) is 20.3 Å². The number of fused-ring (bicyclic) bond motifs is 1. The van der Waals surface area contributed by atoms with Crippen LogP contribution in [0, 0.1) is 0 Å². The van der Waals surface area contributed by atoms with Crippen molar-refractivity contribution in [1.29, 1.82) is 0 Å². The molecule has 17 heavy (non-hydrogen) atoms. The SMILES string of the molecule is C=CC(=O)c1ccc2c(N(C)C)cccc2c1. The van der Waals surface area contributed by atoms with Crippen molar-refractivity contribution in [2.75, 3.05) is 19.0 Å². The Labute approximate surface area is 101 Å². The normalized spacial score (nSPS) is 10.2. The van der Waals surface area contributed by atoms with Gasteiger partial charge in [0, 0.05) is 30.7 Å². The molecule has 0 fully saturated rings. The Balaban J connectivity index is 2.64. The van der Waals surface area contributed by atoms with Crippen molar-refractivity contribution in [3.63, 3.8) is 0 Å². The van der Waals surface area contributed by atoms with E-state index in [2.05, 4.69) is 17.5 Å². The van der Waals surface area contributed by atoms with Crippen LogP contribution in [0.15, 0.2) is 49.1 Å². The summed E-state index contributed by atoms with van der Waals surface area (Å²) in [5.74, 6) is -0.0397. The maximum absolute atomic E-state index is 11.5. The number of ketones is 1. The van der Waals surface area contributed by atoms with Crippen LogP contribution >= 0.6 is 0 Å². The zero-order valence-electron chi connectivity index (χ0n) is 10.1. The predicted molar refractivity (Wildman–Crippen MR) is 72.8 cm³/mol. The summed E-state index contributed by atoms with van der Waals surface area (Å²) in [7, 11) is 4.02. The summed E-state index contributed by atoms with van der Waals surface area (Å²) >= 11 is 0. The quantitative estimate of drug-likeness (QED) is 0.590. The van der Waals surface area contributed by atoms with Crippen LogP contribution in [0.2, 0.25) is 0 Å². The largest absolute Gasteiger partial charge is 0.377 e. The van der Waals surface area contributed by atoms with Gasteiger partial charge >= 0.3 is 0 Å². The lowest BCUT2D eigenvalue weighted by molar-refractivity contribution is 0.104. The van der Waals surface area contributed by atoms with E-state index in [0.29, 0.717) is 5.56 Å². The summed E-state index contributed by atoms with van der Waals surface area (Å²) in [6.45, 7) is 3.51. The molecule has 0 aliphatic carbocycles. The number of nitrogens with zero attached hydrogens (tertiary/aromatic N) is 1. The summed E-state index contributed by atoms with van der Waals surface area (Å²) < 4.78 is 0. The van der Waals surface area contributed by atoms with Gasteiger partial charge in [-0.3, -0.25) is 4.79 Å². The van der Waals surface area contributed by atoms with Crippen molar-refractivity contribution in [1.82, 2.24) is 0 Å². The van der Waals surface area contributed by atoms with E-state index in [9.17, 15) is 4.79 Å². The lowest BCUT2D eigenvalue weighted by atomic mass is 10.0. The number of benzene rings is 2. The van der Waals surface area contributed by atoms with Crippen molar-refractivity contribution in [2.45, 2.75) is 0 Å². The molecule has 0 aliphatic heterocycles. The third-order valence-corrected chi connectivity index (χ3v) is 2.81. The van der Waals surface area contributed by atoms with E-state index in [1.807, 2.05) is 44.4 Å². The summed E-state index contributed by atoms with van der Waals surface area (Å²) in [4.78, 5) is 13.6. The molecule has 0 aliphatic rings. The molecule has 2 heteroatoms. The lowest BCUT2D eigenvalue weighted by Gasteiger charge is -2.15. The van der Waals surface area contributed by atoms with Crippen molar-refractivity contribution < 1.29 is 4.79 Å². The number of carbonyl (C=O) groups excluding carboxylic acids is 1. The van der Waals surface area contributed by atoms with Crippen molar-refractivity contribution in [2.24, 2.45) is 0 Å². The highest BCUT2D eigenvalue weighted by atomic mass is 16.1. The molecule has 2 nitrogen and oxygen atoms in total. The Morgan fingerprint density at radius 1 is 1.24 bits per heavy atom. The standard InChI is InChI=1S/C15H15NO/c1-4-15(17)12-8-9-13-11(10-12)6-5-7-14(13)16(2)3/h4-10H,1H2,2-3H3. The molecule has 0 radical (unpaired) electrons. The third kappa shape index (κ3) is 2.07. The minimum absolute atomic E-state index is 0.0397. The summed E-state index contributed by atoms with van der Waals surface area (Å²) in [5, 5.41) is 2.22. The van der Waals surface area contributed by atoms with E-state index in [0.717, 1.165) is 16.5 Å². The second kappa shape index (κ2) is 4.42. The van der Waals surface area contributed by atoms with Gasteiger partial charge in [-0.25, -0.2) is 0 Å². The average molecular weight is 225 g/mol. The van der Waals surface area contributed by atoms with Gasteiger partial charge in [0.25, 0.3) is 0 Å². The van der Waals surface area contributed by atoms with E-state index >= 15 is 0 Å². The molecule has 0 spiro atoms. The van der Waals surface area contributed by atoms with Crippen LogP contribution in [-0.2, 0) is 0 Å². The Morgan fingerprint density at radius 2 is 2.00 bits per heavy atom. The molecule has 0 saturated carbocycles. The molecule has 86 valence electrons. The molecule has 2 aromatic carbocycles. The zero-order valence-corrected chi connectivity index (χ0v) is 10.1. The first-order chi connectivity index (χ1) is 8.13. The minimum Gasteiger partial charge on any atom is -0.377 e. The van der Waals surface area contributed by atoms with Gasteiger partial charge in [0.1, 0.15) is 0 Å². The molecule has 2 aromatic rings. The molecule has 0 amide bonds. The summed E-state index contributed by atoms with van der Waals surface area (Å²) in [5.41, 5.74) is 1.84. The van der Waals surface area contributed by atoms with E-state index in [-0.39, 0.29) is 5.78 Å². The highest BCUT2D eigenvalue weighted by Gasteiger charge is 2.06. The highest BCUT2D eigenvalue weighted by molar-refractivity contribution is 6.07. The fourth-order valence-corrected chi connectivity index (χ4v) is 1.93. The van der Waals surface area contributed by atoms with Crippen molar-refractivity contribution in [3.8, 4) is 0 Å². The van der Waals surface area contributed by atoms with Crippen LogP contribution in [0.1, 0.15) is 10.4 Å². The van der Waals surface area contributed by atoms with Gasteiger partial charge in [0.15, 0.2) is 5.78 Å². The first-order valence-corrected chi connectivity index (χ1v) is 5.50. The molecular formula is C15H15NO. The molecule has 0 N–H and O–H groups in total. The summed E-state index contributed by atoms with van der Waals surface area (Å²) in [6, 6.07) is 11.8. The lowest BCUT2D eigenvalue weighted by Crippen LogP contribution is -2.08. The number of hydrogen-bond donors (Lipinski definition) is 0. The van der Waals surface area contributed by atoms with Crippen LogP contribution < -0.4 is 4.90 Å². The number of anilines is 1. The Hall–Kier alpha value is -2.09. The average Bonchev–Trinajstić information content (AvgIpc) is 2.36. The minimum atomic E-state index is -0.0397. The van der Waals surface area contributed by atoms with E-state index < -0.39 is 0 Å². The molecule has 2 rings (SSSR count). The first-order valence-electron chi connectivity index (χ1n) is 5.50. The fraction of sp³-hybridized carbons (Fsp3) is 0.133. The van der Waals surface area contributed by atoms with Gasteiger partial charge in [-0.05, 0) is 23.6 Å². The van der Waals surface area contributed by atoms with Gasteiger partial charge in [0.05, 0.1) is 0 Å². The number of hydrogen-bond acceptors (Lipinski definition) is 2. The highest BCUT2D eigenvalue weighted by Crippen LogP contribution is 2.26. The van der Waals surface area contributed by atoms with Gasteiger partial charge in [-0.15, -0.1) is 0 Å². The Bertz CT molecular complexity index is 584. The maximum Gasteiger partial charge on any atom is 0.185 e. The maximum atomic E-state index is 11.5.